The van der Waals surface area contributed by atoms with Gasteiger partial charge in [0.25, 0.3) is 5.91 Å². The van der Waals surface area contributed by atoms with Gasteiger partial charge in [0.15, 0.2) is 10.8 Å². The van der Waals surface area contributed by atoms with Crippen molar-refractivity contribution in [2.24, 2.45) is 0 Å². The van der Waals surface area contributed by atoms with Crippen LogP contribution >= 0.6 is 11.3 Å². The van der Waals surface area contributed by atoms with Gasteiger partial charge in [0.05, 0.1) is 7.11 Å². The van der Waals surface area contributed by atoms with Crippen LogP contribution in [0.15, 0.2) is 66.0 Å². The third-order valence-corrected chi connectivity index (χ3v) is 5.88. The molecule has 2 aromatic carbocycles. The molecule has 1 aliphatic rings. The molecule has 2 atom stereocenters. The van der Waals surface area contributed by atoms with E-state index in [0.29, 0.717) is 5.56 Å². The number of ether oxygens (including phenoxy) is 1. The van der Waals surface area contributed by atoms with Crippen LogP contribution < -0.4 is 10.6 Å². The van der Waals surface area contributed by atoms with Gasteiger partial charge in [-0.15, -0.1) is 11.3 Å². The minimum absolute atomic E-state index is 0.0524. The maximum atomic E-state index is 13.3. The van der Waals surface area contributed by atoms with Gasteiger partial charge in [-0.3, -0.25) is 9.59 Å². The van der Waals surface area contributed by atoms with E-state index in [1.165, 1.54) is 12.5 Å². The number of benzene rings is 2. The number of amides is 4. The fourth-order valence-corrected chi connectivity index (χ4v) is 4.20. The van der Waals surface area contributed by atoms with Crippen LogP contribution in [0.3, 0.4) is 0 Å². The van der Waals surface area contributed by atoms with Crippen LogP contribution in [0.5, 0.6) is 0 Å². The SMILES string of the molecule is COC(=O)c1csc(NC(=O)C(Cc2ccccc2)N2C(=O)NC(c3ccccc3)C2=O)n1. The van der Waals surface area contributed by atoms with E-state index >= 15 is 0 Å². The Balaban J connectivity index is 1.61. The Morgan fingerprint density at radius 2 is 1.79 bits per heavy atom. The van der Waals surface area contributed by atoms with Crippen LogP contribution in [0.4, 0.5) is 9.93 Å². The summed E-state index contributed by atoms with van der Waals surface area (Å²) in [6, 6.07) is 15.3. The zero-order chi connectivity index (χ0) is 23.4. The Labute approximate surface area is 193 Å². The van der Waals surface area contributed by atoms with Gasteiger partial charge in [0.1, 0.15) is 12.1 Å². The van der Waals surface area contributed by atoms with E-state index in [1.807, 2.05) is 36.4 Å². The average Bonchev–Trinajstić information content (AvgIpc) is 3.42. The number of nitrogens with zero attached hydrogens (tertiary/aromatic N) is 2. The Morgan fingerprint density at radius 3 is 2.45 bits per heavy atom. The summed E-state index contributed by atoms with van der Waals surface area (Å²) in [5, 5.41) is 6.89. The zero-order valence-corrected chi connectivity index (χ0v) is 18.4. The molecule has 0 spiro atoms. The van der Waals surface area contributed by atoms with Crippen molar-refractivity contribution in [1.29, 1.82) is 0 Å². The Kier molecular flexibility index (Phi) is 6.45. The molecule has 33 heavy (non-hydrogen) atoms. The van der Waals surface area contributed by atoms with Crippen molar-refractivity contribution in [3.8, 4) is 0 Å². The number of carbonyl (C=O) groups excluding carboxylic acids is 4. The predicted molar refractivity (Wildman–Crippen MR) is 121 cm³/mol. The molecule has 4 rings (SSSR count). The smallest absolute Gasteiger partial charge is 0.357 e. The van der Waals surface area contributed by atoms with E-state index in [1.54, 1.807) is 24.3 Å². The first-order valence-electron chi connectivity index (χ1n) is 10.0. The Bertz CT molecular complexity index is 1180. The molecule has 1 aliphatic heterocycles. The monoisotopic (exact) mass is 464 g/mol. The molecule has 0 saturated carbocycles. The van der Waals surface area contributed by atoms with Crippen molar-refractivity contribution in [3.63, 3.8) is 0 Å². The van der Waals surface area contributed by atoms with Crippen molar-refractivity contribution >= 4 is 40.3 Å². The van der Waals surface area contributed by atoms with E-state index in [4.69, 9.17) is 0 Å². The van der Waals surface area contributed by atoms with Gasteiger partial charge < -0.3 is 15.4 Å². The number of methoxy groups -OCH3 is 1. The molecule has 9 nitrogen and oxygen atoms in total. The molecule has 0 aliphatic carbocycles. The second-order valence-electron chi connectivity index (χ2n) is 7.23. The van der Waals surface area contributed by atoms with Gasteiger partial charge in [-0.25, -0.2) is 19.5 Å². The highest BCUT2D eigenvalue weighted by Crippen LogP contribution is 2.26. The molecule has 2 heterocycles. The number of anilines is 1. The molecular weight excluding hydrogens is 444 g/mol. The first-order chi connectivity index (χ1) is 16.0. The second kappa shape index (κ2) is 9.61. The number of urea groups is 1. The summed E-state index contributed by atoms with van der Waals surface area (Å²) in [5.41, 5.74) is 1.45. The Hall–Kier alpha value is -4.05. The predicted octanol–water partition coefficient (Wildman–Crippen LogP) is 2.77. The van der Waals surface area contributed by atoms with Crippen LogP contribution in [0, 0.1) is 0 Å². The van der Waals surface area contributed by atoms with Crippen LogP contribution in [0.1, 0.15) is 27.7 Å². The van der Waals surface area contributed by atoms with Gasteiger partial charge in [-0.1, -0.05) is 60.7 Å². The van der Waals surface area contributed by atoms with Crippen LogP contribution in [-0.4, -0.2) is 46.9 Å². The van der Waals surface area contributed by atoms with Gasteiger partial charge >= 0.3 is 12.0 Å². The summed E-state index contributed by atoms with van der Waals surface area (Å²) < 4.78 is 4.63. The van der Waals surface area contributed by atoms with E-state index in [0.717, 1.165) is 21.8 Å². The number of imide groups is 1. The van der Waals surface area contributed by atoms with E-state index < -0.39 is 35.9 Å². The molecule has 0 radical (unpaired) electrons. The summed E-state index contributed by atoms with van der Waals surface area (Å²) in [6.45, 7) is 0. The number of nitrogens with one attached hydrogen (secondary N) is 2. The number of rotatable bonds is 7. The quantitative estimate of drug-likeness (QED) is 0.410. The lowest BCUT2D eigenvalue weighted by molar-refractivity contribution is -0.134. The summed E-state index contributed by atoms with van der Waals surface area (Å²) in [6.07, 6.45) is 0.114. The number of hydrogen-bond acceptors (Lipinski definition) is 7. The lowest BCUT2D eigenvalue weighted by Gasteiger charge is -2.24. The molecule has 1 saturated heterocycles. The molecule has 1 aromatic heterocycles. The molecule has 3 aromatic rings. The van der Waals surface area contributed by atoms with Crippen LogP contribution in [-0.2, 0) is 20.7 Å². The van der Waals surface area contributed by atoms with Gasteiger partial charge in [0, 0.05) is 11.8 Å². The molecule has 168 valence electrons. The largest absolute Gasteiger partial charge is 0.464 e. The highest BCUT2D eigenvalue weighted by atomic mass is 32.1. The third kappa shape index (κ3) is 4.75. The molecule has 2 unspecified atom stereocenters. The first kappa shape index (κ1) is 22.2. The topological polar surface area (TPSA) is 118 Å². The van der Waals surface area contributed by atoms with E-state index in [2.05, 4.69) is 20.4 Å². The summed E-state index contributed by atoms with van der Waals surface area (Å²) >= 11 is 1.04. The van der Waals surface area contributed by atoms with Crippen molar-refractivity contribution in [2.45, 2.75) is 18.5 Å². The minimum atomic E-state index is -1.13. The Morgan fingerprint density at radius 1 is 1.12 bits per heavy atom. The van der Waals surface area contributed by atoms with E-state index in [9.17, 15) is 19.2 Å². The molecular formula is C23H20N4O5S. The molecule has 1 fully saturated rings. The van der Waals surface area contributed by atoms with E-state index in [-0.39, 0.29) is 17.2 Å². The number of carbonyl (C=O) groups is 4. The maximum absolute atomic E-state index is 13.3. The van der Waals surface area contributed by atoms with Crippen molar-refractivity contribution in [1.82, 2.24) is 15.2 Å². The minimum Gasteiger partial charge on any atom is -0.464 e. The third-order valence-electron chi connectivity index (χ3n) is 5.12. The lowest BCUT2D eigenvalue weighted by Crippen LogP contribution is -2.49. The average molecular weight is 465 g/mol. The highest BCUT2D eigenvalue weighted by Gasteiger charge is 2.45. The van der Waals surface area contributed by atoms with Gasteiger partial charge in [-0.2, -0.15) is 0 Å². The fraction of sp³-hybridized carbons (Fsp3) is 0.174. The van der Waals surface area contributed by atoms with Gasteiger partial charge in [-0.05, 0) is 11.1 Å². The summed E-state index contributed by atoms with van der Waals surface area (Å²) in [7, 11) is 1.23. The van der Waals surface area contributed by atoms with Crippen molar-refractivity contribution in [3.05, 3.63) is 82.9 Å². The number of thiazole rings is 1. The standard InChI is InChI=1S/C23H20N4O5S/c1-32-21(30)16-13-33-22(24-16)26-19(28)17(12-14-8-4-2-5-9-14)27-20(29)18(25-23(27)31)15-10-6-3-7-11-15/h2-11,13,17-18H,12H2,1H3,(H,25,31)(H,24,26,28). The highest BCUT2D eigenvalue weighted by molar-refractivity contribution is 7.14. The number of aromatic nitrogens is 1. The lowest BCUT2D eigenvalue weighted by atomic mass is 10.0. The first-order valence-corrected chi connectivity index (χ1v) is 10.9. The maximum Gasteiger partial charge on any atom is 0.357 e. The molecule has 4 amide bonds. The van der Waals surface area contributed by atoms with Crippen LogP contribution in [0.25, 0.3) is 0 Å². The molecule has 10 heteroatoms. The normalized spacial score (nSPS) is 16.3. The molecule has 0 bridgehead atoms. The summed E-state index contributed by atoms with van der Waals surface area (Å²) in [4.78, 5) is 56.0. The number of hydrogen-bond donors (Lipinski definition) is 2. The van der Waals surface area contributed by atoms with Gasteiger partial charge in [0.2, 0.25) is 5.91 Å². The zero-order valence-electron chi connectivity index (χ0n) is 17.6. The van der Waals surface area contributed by atoms with Crippen molar-refractivity contribution < 1.29 is 23.9 Å². The molecule has 2 N–H and O–H groups in total. The fourth-order valence-electron chi connectivity index (χ4n) is 3.52. The summed E-state index contributed by atoms with van der Waals surface area (Å²) in [5.74, 6) is -1.74. The van der Waals surface area contributed by atoms with Crippen molar-refractivity contribution in [2.75, 3.05) is 12.4 Å². The number of esters is 1. The van der Waals surface area contributed by atoms with Crippen LogP contribution in [0.2, 0.25) is 0 Å². The second-order valence-corrected chi connectivity index (χ2v) is 8.08.